The van der Waals surface area contributed by atoms with Gasteiger partial charge in [-0.3, -0.25) is 0 Å². The Balaban J connectivity index is 2.14. The standard InChI is InChI=1S/C17H24ClN3O2/c1-4-13(22)10-21-17(19-16(20-21)9-12(2)3)11-23-15-8-6-5-7-14(15)18/h5-8,12-13,22H,4,9-11H2,1-3H3/t13-/m1/s1. The van der Waals surface area contributed by atoms with E-state index in [0.717, 1.165) is 12.2 Å². The summed E-state index contributed by atoms with van der Waals surface area (Å²) in [5.41, 5.74) is 0. The summed E-state index contributed by atoms with van der Waals surface area (Å²) in [4.78, 5) is 4.56. The monoisotopic (exact) mass is 337 g/mol. The molecule has 0 bridgehead atoms. The van der Waals surface area contributed by atoms with Crippen LogP contribution in [-0.2, 0) is 19.6 Å². The largest absolute Gasteiger partial charge is 0.484 e. The van der Waals surface area contributed by atoms with Gasteiger partial charge in [0.2, 0.25) is 0 Å². The summed E-state index contributed by atoms with van der Waals surface area (Å²) < 4.78 is 7.50. The van der Waals surface area contributed by atoms with E-state index in [-0.39, 0.29) is 6.61 Å². The Morgan fingerprint density at radius 1 is 1.30 bits per heavy atom. The molecule has 0 fully saturated rings. The quantitative estimate of drug-likeness (QED) is 0.801. The molecule has 0 aliphatic rings. The molecule has 1 heterocycles. The highest BCUT2D eigenvalue weighted by molar-refractivity contribution is 6.32. The van der Waals surface area contributed by atoms with E-state index in [0.29, 0.717) is 35.5 Å². The molecule has 6 heteroatoms. The molecule has 0 saturated heterocycles. The Hall–Kier alpha value is -1.59. The van der Waals surface area contributed by atoms with E-state index >= 15 is 0 Å². The minimum absolute atomic E-state index is 0.269. The summed E-state index contributed by atoms with van der Waals surface area (Å²) in [5, 5.41) is 15.0. The molecule has 0 aliphatic carbocycles. The summed E-state index contributed by atoms with van der Waals surface area (Å²) in [6.07, 6.45) is 1.03. The van der Waals surface area contributed by atoms with Crippen LogP contribution in [0.25, 0.3) is 0 Å². The van der Waals surface area contributed by atoms with Crippen LogP contribution in [-0.4, -0.2) is 26.0 Å². The van der Waals surface area contributed by atoms with Crippen LogP contribution < -0.4 is 4.74 Å². The third-order valence-corrected chi connectivity index (χ3v) is 3.74. The maximum absolute atomic E-state index is 9.91. The molecule has 2 rings (SSSR count). The maximum Gasteiger partial charge on any atom is 0.165 e. The van der Waals surface area contributed by atoms with Crippen molar-refractivity contribution in [1.82, 2.24) is 14.8 Å². The predicted octanol–water partition coefficient (Wildman–Crippen LogP) is 3.48. The molecule has 0 spiro atoms. The van der Waals surface area contributed by atoms with Gasteiger partial charge in [0.15, 0.2) is 11.6 Å². The number of ether oxygens (including phenoxy) is 1. The van der Waals surface area contributed by atoms with Gasteiger partial charge in [0.05, 0.1) is 17.7 Å². The molecule has 5 nitrogen and oxygen atoms in total. The first-order chi connectivity index (χ1) is 11.0. The Kier molecular flexibility index (Phi) is 6.42. The number of rotatable bonds is 8. The fourth-order valence-electron chi connectivity index (χ4n) is 2.16. The molecule has 0 saturated carbocycles. The molecule has 1 aromatic heterocycles. The van der Waals surface area contributed by atoms with Crippen molar-refractivity contribution in [3.63, 3.8) is 0 Å². The molecule has 23 heavy (non-hydrogen) atoms. The van der Waals surface area contributed by atoms with Crippen molar-refractivity contribution < 1.29 is 9.84 Å². The summed E-state index contributed by atoms with van der Waals surface area (Å²) in [6.45, 7) is 6.88. The molecule has 126 valence electrons. The minimum Gasteiger partial charge on any atom is -0.484 e. The maximum atomic E-state index is 9.91. The summed E-state index contributed by atoms with van der Waals surface area (Å²) in [7, 11) is 0. The van der Waals surface area contributed by atoms with Gasteiger partial charge in [-0.05, 0) is 24.5 Å². The molecule has 0 radical (unpaired) electrons. The van der Waals surface area contributed by atoms with Crippen LogP contribution in [0.1, 0.15) is 38.8 Å². The predicted molar refractivity (Wildman–Crippen MR) is 90.6 cm³/mol. The third-order valence-electron chi connectivity index (χ3n) is 3.43. The van der Waals surface area contributed by atoms with E-state index in [1.165, 1.54) is 0 Å². The highest BCUT2D eigenvalue weighted by Crippen LogP contribution is 2.24. The Labute approximate surface area is 142 Å². The first-order valence-electron chi connectivity index (χ1n) is 7.97. The molecular formula is C17H24ClN3O2. The van der Waals surface area contributed by atoms with E-state index < -0.39 is 6.10 Å². The zero-order valence-electron chi connectivity index (χ0n) is 13.9. The third kappa shape index (κ3) is 5.22. The first-order valence-corrected chi connectivity index (χ1v) is 8.35. The number of para-hydroxylation sites is 1. The molecular weight excluding hydrogens is 314 g/mol. The topological polar surface area (TPSA) is 60.2 Å². The van der Waals surface area contributed by atoms with Gasteiger partial charge in [-0.15, -0.1) is 0 Å². The second-order valence-corrected chi connectivity index (χ2v) is 6.41. The zero-order valence-corrected chi connectivity index (χ0v) is 14.6. The molecule has 0 unspecified atom stereocenters. The number of nitrogens with zero attached hydrogens (tertiary/aromatic N) is 3. The van der Waals surface area contributed by atoms with Crippen molar-refractivity contribution in [1.29, 1.82) is 0 Å². The van der Waals surface area contributed by atoms with E-state index in [2.05, 4.69) is 23.9 Å². The van der Waals surface area contributed by atoms with Crippen molar-refractivity contribution in [2.75, 3.05) is 0 Å². The SMILES string of the molecule is CC[C@@H](O)Cn1nc(CC(C)C)nc1COc1ccccc1Cl. The highest BCUT2D eigenvalue weighted by Gasteiger charge is 2.15. The number of benzene rings is 1. The van der Waals surface area contributed by atoms with Gasteiger partial charge < -0.3 is 9.84 Å². The van der Waals surface area contributed by atoms with Gasteiger partial charge in [0, 0.05) is 6.42 Å². The number of aliphatic hydroxyl groups excluding tert-OH is 1. The molecule has 2 aromatic rings. The Morgan fingerprint density at radius 2 is 2.04 bits per heavy atom. The molecule has 1 aromatic carbocycles. The second-order valence-electron chi connectivity index (χ2n) is 6.01. The fourth-order valence-corrected chi connectivity index (χ4v) is 2.35. The van der Waals surface area contributed by atoms with E-state index in [1.807, 2.05) is 25.1 Å². The fraction of sp³-hybridized carbons (Fsp3) is 0.529. The van der Waals surface area contributed by atoms with Crippen LogP contribution in [0.2, 0.25) is 5.02 Å². The van der Waals surface area contributed by atoms with E-state index in [1.54, 1.807) is 10.7 Å². The highest BCUT2D eigenvalue weighted by atomic mass is 35.5. The number of hydrogen-bond acceptors (Lipinski definition) is 4. The Bertz CT molecular complexity index is 628. The van der Waals surface area contributed by atoms with Crippen molar-refractivity contribution in [2.24, 2.45) is 5.92 Å². The lowest BCUT2D eigenvalue weighted by molar-refractivity contribution is 0.141. The van der Waals surface area contributed by atoms with Crippen LogP contribution in [0.15, 0.2) is 24.3 Å². The van der Waals surface area contributed by atoms with Crippen LogP contribution in [0.5, 0.6) is 5.75 Å². The van der Waals surface area contributed by atoms with Crippen molar-refractivity contribution in [3.05, 3.63) is 40.9 Å². The Morgan fingerprint density at radius 3 is 2.70 bits per heavy atom. The van der Waals surface area contributed by atoms with Crippen molar-refractivity contribution in [2.45, 2.75) is 52.9 Å². The molecule has 0 aliphatic heterocycles. The first kappa shape index (κ1) is 17.8. The molecule has 1 N–H and O–H groups in total. The normalized spacial score (nSPS) is 12.6. The minimum atomic E-state index is -0.442. The van der Waals surface area contributed by atoms with Crippen LogP contribution in [0.4, 0.5) is 0 Å². The van der Waals surface area contributed by atoms with Gasteiger partial charge in [-0.1, -0.05) is 44.5 Å². The van der Waals surface area contributed by atoms with Crippen molar-refractivity contribution >= 4 is 11.6 Å². The molecule has 1 atom stereocenters. The van der Waals surface area contributed by atoms with E-state index in [4.69, 9.17) is 16.3 Å². The van der Waals surface area contributed by atoms with Gasteiger partial charge in [0.1, 0.15) is 12.4 Å². The second kappa shape index (κ2) is 8.31. The van der Waals surface area contributed by atoms with Crippen LogP contribution in [0.3, 0.4) is 0 Å². The number of hydrogen-bond donors (Lipinski definition) is 1. The number of halogens is 1. The van der Waals surface area contributed by atoms with Gasteiger partial charge in [-0.2, -0.15) is 5.10 Å². The lowest BCUT2D eigenvalue weighted by Gasteiger charge is -2.11. The number of aromatic nitrogens is 3. The summed E-state index contributed by atoms with van der Waals surface area (Å²) in [5.74, 6) is 2.57. The van der Waals surface area contributed by atoms with Crippen LogP contribution in [0, 0.1) is 5.92 Å². The average Bonchev–Trinajstić information content (AvgIpc) is 2.87. The van der Waals surface area contributed by atoms with E-state index in [9.17, 15) is 5.11 Å². The zero-order chi connectivity index (χ0) is 16.8. The number of aliphatic hydroxyl groups is 1. The van der Waals surface area contributed by atoms with Crippen LogP contribution >= 0.6 is 11.6 Å². The average molecular weight is 338 g/mol. The molecule has 0 amide bonds. The van der Waals surface area contributed by atoms with Gasteiger partial charge >= 0.3 is 0 Å². The summed E-state index contributed by atoms with van der Waals surface area (Å²) in [6, 6.07) is 7.33. The summed E-state index contributed by atoms with van der Waals surface area (Å²) >= 11 is 6.10. The van der Waals surface area contributed by atoms with Gasteiger partial charge in [-0.25, -0.2) is 9.67 Å². The smallest absolute Gasteiger partial charge is 0.165 e. The lowest BCUT2D eigenvalue weighted by atomic mass is 10.1. The lowest BCUT2D eigenvalue weighted by Crippen LogP contribution is -2.19. The van der Waals surface area contributed by atoms with Crippen molar-refractivity contribution in [3.8, 4) is 5.75 Å². The van der Waals surface area contributed by atoms with Gasteiger partial charge in [0.25, 0.3) is 0 Å².